The van der Waals surface area contributed by atoms with E-state index >= 15 is 0 Å². The van der Waals surface area contributed by atoms with Gasteiger partial charge < -0.3 is 14.6 Å². The number of aromatic nitrogens is 2. The Kier molecular flexibility index (Phi) is 5.99. The highest BCUT2D eigenvalue weighted by Gasteiger charge is 2.25. The number of amides is 1. The van der Waals surface area contributed by atoms with E-state index in [-0.39, 0.29) is 24.5 Å². The molecule has 0 aliphatic rings. The highest BCUT2D eigenvalue weighted by molar-refractivity contribution is 5.81. The van der Waals surface area contributed by atoms with Crippen LogP contribution in [0, 0.1) is 0 Å². The Balaban J connectivity index is 2.40. The highest BCUT2D eigenvalue weighted by atomic mass is 16.3. The summed E-state index contributed by atoms with van der Waals surface area (Å²) in [5.41, 5.74) is 1.69. The number of para-hydroxylation sites is 2. The van der Waals surface area contributed by atoms with Gasteiger partial charge in [-0.2, -0.15) is 0 Å². The number of fused-ring (bicyclic) bond motifs is 1. The van der Waals surface area contributed by atoms with Gasteiger partial charge >= 0.3 is 0 Å². The zero-order chi connectivity index (χ0) is 17.9. The third kappa shape index (κ3) is 3.61. The Hall–Kier alpha value is -1.88. The normalized spacial score (nSPS) is 15.2. The maximum atomic E-state index is 13.0. The van der Waals surface area contributed by atoms with Crippen molar-refractivity contribution in [1.82, 2.24) is 14.5 Å². The Bertz CT molecular complexity index is 683. The molecule has 2 aromatic rings. The minimum Gasteiger partial charge on any atom is -0.385 e. The molecule has 0 saturated carbocycles. The molecule has 5 nitrogen and oxygen atoms in total. The van der Waals surface area contributed by atoms with Crippen molar-refractivity contribution in [2.75, 3.05) is 0 Å². The minimum absolute atomic E-state index is 0.0729. The zero-order valence-electron chi connectivity index (χ0n) is 15.4. The molecule has 0 spiro atoms. The standard InChI is InChI=1S/C19H29N3O2/c1-6-13(3)22(14(4)7-2)18(24)12-21-17-11-9-8-10-16(17)20-19(21)15(5)23/h8-11,13-15,23H,6-7,12H2,1-5H3. The van der Waals surface area contributed by atoms with Crippen LogP contribution in [-0.2, 0) is 11.3 Å². The van der Waals surface area contributed by atoms with E-state index in [1.165, 1.54) is 0 Å². The zero-order valence-corrected chi connectivity index (χ0v) is 15.4. The maximum Gasteiger partial charge on any atom is 0.243 e. The average molecular weight is 331 g/mol. The van der Waals surface area contributed by atoms with Gasteiger partial charge in [0.25, 0.3) is 0 Å². The molecule has 132 valence electrons. The molecule has 3 unspecified atom stereocenters. The van der Waals surface area contributed by atoms with Crippen molar-refractivity contribution < 1.29 is 9.90 Å². The Morgan fingerprint density at radius 3 is 2.29 bits per heavy atom. The average Bonchev–Trinajstić information content (AvgIpc) is 2.93. The summed E-state index contributed by atoms with van der Waals surface area (Å²) in [5.74, 6) is 0.613. The van der Waals surface area contributed by atoms with Crippen molar-refractivity contribution in [1.29, 1.82) is 0 Å². The van der Waals surface area contributed by atoms with E-state index in [1.807, 2.05) is 33.7 Å². The summed E-state index contributed by atoms with van der Waals surface area (Å²) in [7, 11) is 0. The number of carbonyl (C=O) groups is 1. The second-order valence-electron chi connectivity index (χ2n) is 6.54. The number of rotatable bonds is 7. The molecule has 1 N–H and O–H groups in total. The molecular weight excluding hydrogens is 302 g/mol. The Labute approximate surface area is 144 Å². The summed E-state index contributed by atoms with van der Waals surface area (Å²) in [6.07, 6.45) is 1.12. The van der Waals surface area contributed by atoms with E-state index in [0.717, 1.165) is 23.9 Å². The number of aliphatic hydroxyl groups is 1. The van der Waals surface area contributed by atoms with Gasteiger partial charge in [0.1, 0.15) is 18.5 Å². The number of hydrogen-bond donors (Lipinski definition) is 1. The van der Waals surface area contributed by atoms with Gasteiger partial charge in [-0.3, -0.25) is 4.79 Å². The van der Waals surface area contributed by atoms with E-state index in [2.05, 4.69) is 32.7 Å². The lowest BCUT2D eigenvalue weighted by Crippen LogP contribution is -2.46. The molecule has 0 aliphatic heterocycles. The topological polar surface area (TPSA) is 58.4 Å². The fraction of sp³-hybridized carbons (Fsp3) is 0.579. The first-order chi connectivity index (χ1) is 11.4. The van der Waals surface area contributed by atoms with E-state index in [1.54, 1.807) is 6.92 Å². The number of carbonyl (C=O) groups excluding carboxylic acids is 1. The van der Waals surface area contributed by atoms with Crippen LogP contribution in [0.3, 0.4) is 0 Å². The van der Waals surface area contributed by atoms with Crippen molar-refractivity contribution in [3.05, 3.63) is 30.1 Å². The van der Waals surface area contributed by atoms with E-state index in [9.17, 15) is 9.90 Å². The molecule has 3 atom stereocenters. The van der Waals surface area contributed by atoms with Crippen LogP contribution < -0.4 is 0 Å². The molecule has 0 bridgehead atoms. The number of imidazole rings is 1. The van der Waals surface area contributed by atoms with Crippen LogP contribution in [0.5, 0.6) is 0 Å². The van der Waals surface area contributed by atoms with Gasteiger partial charge in [0.2, 0.25) is 5.91 Å². The minimum atomic E-state index is -0.717. The molecule has 5 heteroatoms. The van der Waals surface area contributed by atoms with Crippen LogP contribution in [0.4, 0.5) is 0 Å². The van der Waals surface area contributed by atoms with Crippen molar-refractivity contribution in [2.45, 2.75) is 72.2 Å². The Morgan fingerprint density at radius 1 is 1.17 bits per heavy atom. The Morgan fingerprint density at radius 2 is 1.75 bits per heavy atom. The second-order valence-corrected chi connectivity index (χ2v) is 6.54. The number of benzene rings is 1. The SMILES string of the molecule is CCC(C)N(C(=O)Cn1c(C(C)O)nc2ccccc21)C(C)CC. The molecule has 1 aromatic heterocycles. The first-order valence-corrected chi connectivity index (χ1v) is 8.85. The van der Waals surface area contributed by atoms with E-state index in [0.29, 0.717) is 5.82 Å². The van der Waals surface area contributed by atoms with Gasteiger partial charge in [-0.1, -0.05) is 26.0 Å². The summed E-state index contributed by atoms with van der Waals surface area (Å²) in [6.45, 7) is 10.3. The van der Waals surface area contributed by atoms with Crippen molar-refractivity contribution in [2.24, 2.45) is 0 Å². The summed E-state index contributed by atoms with van der Waals surface area (Å²) in [6, 6.07) is 8.08. The van der Waals surface area contributed by atoms with Crippen LogP contribution in [0.25, 0.3) is 11.0 Å². The van der Waals surface area contributed by atoms with E-state index < -0.39 is 6.10 Å². The first kappa shape index (κ1) is 18.5. The number of aliphatic hydroxyl groups excluding tert-OH is 1. The van der Waals surface area contributed by atoms with Crippen LogP contribution in [-0.4, -0.2) is 37.5 Å². The molecule has 0 aliphatic carbocycles. The van der Waals surface area contributed by atoms with Gasteiger partial charge in [0.05, 0.1) is 11.0 Å². The summed E-state index contributed by atoms with van der Waals surface area (Å²) < 4.78 is 1.85. The quantitative estimate of drug-likeness (QED) is 0.844. The third-order valence-corrected chi connectivity index (χ3v) is 4.77. The van der Waals surface area contributed by atoms with Crippen molar-refractivity contribution in [3.8, 4) is 0 Å². The van der Waals surface area contributed by atoms with Gasteiger partial charge in [-0.15, -0.1) is 0 Å². The predicted molar refractivity (Wildman–Crippen MR) is 96.7 cm³/mol. The fourth-order valence-corrected chi connectivity index (χ4v) is 3.12. The van der Waals surface area contributed by atoms with E-state index in [4.69, 9.17) is 0 Å². The molecule has 24 heavy (non-hydrogen) atoms. The van der Waals surface area contributed by atoms with Crippen molar-refractivity contribution >= 4 is 16.9 Å². The van der Waals surface area contributed by atoms with Crippen LogP contribution in [0.2, 0.25) is 0 Å². The number of nitrogens with zero attached hydrogens (tertiary/aromatic N) is 3. The number of hydrogen-bond acceptors (Lipinski definition) is 3. The van der Waals surface area contributed by atoms with Gasteiger partial charge in [0.15, 0.2) is 0 Å². The fourth-order valence-electron chi connectivity index (χ4n) is 3.12. The van der Waals surface area contributed by atoms with Gasteiger partial charge in [0, 0.05) is 12.1 Å². The first-order valence-electron chi connectivity index (χ1n) is 8.85. The lowest BCUT2D eigenvalue weighted by molar-refractivity contribution is -0.136. The largest absolute Gasteiger partial charge is 0.385 e. The van der Waals surface area contributed by atoms with Crippen molar-refractivity contribution in [3.63, 3.8) is 0 Å². The smallest absolute Gasteiger partial charge is 0.243 e. The van der Waals surface area contributed by atoms with Gasteiger partial charge in [-0.05, 0) is 45.7 Å². The molecule has 1 heterocycles. The third-order valence-electron chi connectivity index (χ3n) is 4.77. The van der Waals surface area contributed by atoms with Gasteiger partial charge in [-0.25, -0.2) is 4.98 Å². The predicted octanol–water partition coefficient (Wildman–Crippen LogP) is 3.52. The molecule has 1 aromatic carbocycles. The molecule has 0 saturated heterocycles. The lowest BCUT2D eigenvalue weighted by Gasteiger charge is -2.34. The highest BCUT2D eigenvalue weighted by Crippen LogP contribution is 2.22. The molecule has 1 amide bonds. The lowest BCUT2D eigenvalue weighted by atomic mass is 10.1. The van der Waals surface area contributed by atoms with Crippen LogP contribution in [0.15, 0.2) is 24.3 Å². The molecular formula is C19H29N3O2. The molecule has 2 rings (SSSR count). The summed E-state index contributed by atoms with van der Waals surface area (Å²) in [4.78, 5) is 19.5. The van der Waals surface area contributed by atoms with Crippen LogP contribution in [0.1, 0.15) is 59.4 Å². The maximum absolute atomic E-state index is 13.0. The monoisotopic (exact) mass is 331 g/mol. The van der Waals surface area contributed by atoms with Crippen LogP contribution >= 0.6 is 0 Å². The molecule has 0 fully saturated rings. The second kappa shape index (κ2) is 7.79. The summed E-state index contributed by atoms with van der Waals surface area (Å²) in [5, 5.41) is 10.1. The summed E-state index contributed by atoms with van der Waals surface area (Å²) >= 11 is 0. The molecule has 0 radical (unpaired) electrons.